The third-order valence-electron chi connectivity index (χ3n) is 5.15. The quantitative estimate of drug-likeness (QED) is 0.748. The van der Waals surface area contributed by atoms with Crippen molar-refractivity contribution in [1.29, 1.82) is 0 Å². The first kappa shape index (κ1) is 12.9. The van der Waals surface area contributed by atoms with Crippen molar-refractivity contribution >= 4 is 0 Å². The standard InChI is InChI=1S/C15H28N2O/c1-13-10-16-8-4-3-6-14(16)11-17(13)12-15(2)7-5-9-18-15/h13-14H,3-12H2,1-2H3. The van der Waals surface area contributed by atoms with Gasteiger partial charge in [0.1, 0.15) is 0 Å². The zero-order valence-corrected chi connectivity index (χ0v) is 12.0. The van der Waals surface area contributed by atoms with Crippen molar-refractivity contribution in [2.45, 2.75) is 63.6 Å². The molecule has 0 aromatic heterocycles. The maximum Gasteiger partial charge on any atom is 0.0781 e. The molecule has 3 heterocycles. The summed E-state index contributed by atoms with van der Waals surface area (Å²) in [5, 5.41) is 0. The van der Waals surface area contributed by atoms with Gasteiger partial charge < -0.3 is 4.74 Å². The van der Waals surface area contributed by atoms with Crippen molar-refractivity contribution in [3.63, 3.8) is 0 Å². The summed E-state index contributed by atoms with van der Waals surface area (Å²) in [6, 6.07) is 1.51. The molecule has 0 radical (unpaired) electrons. The van der Waals surface area contributed by atoms with E-state index in [1.54, 1.807) is 0 Å². The van der Waals surface area contributed by atoms with E-state index in [1.165, 1.54) is 51.7 Å². The van der Waals surface area contributed by atoms with E-state index in [0.717, 1.165) is 19.2 Å². The second-order valence-electron chi connectivity index (χ2n) is 6.82. The number of piperazine rings is 1. The van der Waals surface area contributed by atoms with Gasteiger partial charge in [-0.3, -0.25) is 9.80 Å². The number of hydrogen-bond donors (Lipinski definition) is 0. The molecule has 3 saturated heterocycles. The summed E-state index contributed by atoms with van der Waals surface area (Å²) in [6.45, 7) is 10.7. The Hall–Kier alpha value is -0.120. The van der Waals surface area contributed by atoms with Crippen molar-refractivity contribution in [2.75, 3.05) is 32.8 Å². The highest BCUT2D eigenvalue weighted by Gasteiger charge is 2.38. The van der Waals surface area contributed by atoms with Gasteiger partial charge in [0.2, 0.25) is 0 Å². The number of nitrogens with zero attached hydrogens (tertiary/aromatic N) is 2. The maximum absolute atomic E-state index is 5.97. The van der Waals surface area contributed by atoms with E-state index in [1.807, 2.05) is 0 Å². The van der Waals surface area contributed by atoms with Crippen LogP contribution in [-0.2, 0) is 4.74 Å². The Bertz CT molecular complexity index is 288. The van der Waals surface area contributed by atoms with E-state index in [9.17, 15) is 0 Å². The monoisotopic (exact) mass is 252 g/mol. The summed E-state index contributed by atoms with van der Waals surface area (Å²) in [5.41, 5.74) is 0.130. The van der Waals surface area contributed by atoms with Gasteiger partial charge in [0.15, 0.2) is 0 Å². The lowest BCUT2D eigenvalue weighted by molar-refractivity contribution is -0.0514. The zero-order valence-electron chi connectivity index (χ0n) is 12.0. The fraction of sp³-hybridized carbons (Fsp3) is 1.00. The van der Waals surface area contributed by atoms with E-state index >= 15 is 0 Å². The van der Waals surface area contributed by atoms with Crippen LogP contribution in [0.25, 0.3) is 0 Å². The predicted octanol–water partition coefficient (Wildman–Crippen LogP) is 2.11. The minimum atomic E-state index is 0.130. The first-order chi connectivity index (χ1) is 8.66. The van der Waals surface area contributed by atoms with E-state index in [0.29, 0.717) is 6.04 Å². The van der Waals surface area contributed by atoms with Crippen LogP contribution in [0.2, 0.25) is 0 Å². The van der Waals surface area contributed by atoms with Crippen LogP contribution < -0.4 is 0 Å². The molecule has 0 spiro atoms. The van der Waals surface area contributed by atoms with Crippen LogP contribution >= 0.6 is 0 Å². The van der Waals surface area contributed by atoms with Gasteiger partial charge in [-0.05, 0) is 46.1 Å². The highest BCUT2D eigenvalue weighted by Crippen LogP contribution is 2.30. The van der Waals surface area contributed by atoms with Gasteiger partial charge in [-0.2, -0.15) is 0 Å². The average molecular weight is 252 g/mol. The second kappa shape index (κ2) is 5.10. The van der Waals surface area contributed by atoms with Gasteiger partial charge in [0.05, 0.1) is 5.60 Å². The average Bonchev–Trinajstić information content (AvgIpc) is 2.77. The minimum Gasteiger partial charge on any atom is -0.374 e. The van der Waals surface area contributed by atoms with Crippen molar-refractivity contribution in [3.8, 4) is 0 Å². The van der Waals surface area contributed by atoms with Crippen LogP contribution in [0.4, 0.5) is 0 Å². The van der Waals surface area contributed by atoms with Gasteiger partial charge in [-0.15, -0.1) is 0 Å². The first-order valence-corrected chi connectivity index (χ1v) is 7.78. The third-order valence-corrected chi connectivity index (χ3v) is 5.15. The molecule has 3 nitrogen and oxygen atoms in total. The smallest absolute Gasteiger partial charge is 0.0781 e. The van der Waals surface area contributed by atoms with E-state index in [2.05, 4.69) is 23.6 Å². The van der Waals surface area contributed by atoms with Crippen LogP contribution in [0.5, 0.6) is 0 Å². The van der Waals surface area contributed by atoms with Gasteiger partial charge in [-0.1, -0.05) is 6.42 Å². The SMILES string of the molecule is CC1CN2CCCCC2CN1CC1(C)CCCO1. The molecule has 0 aliphatic carbocycles. The fourth-order valence-corrected chi connectivity index (χ4v) is 4.02. The Labute approximate surface area is 111 Å². The molecular weight excluding hydrogens is 224 g/mol. The summed E-state index contributed by atoms with van der Waals surface area (Å²) in [6.07, 6.45) is 6.72. The van der Waals surface area contributed by atoms with E-state index < -0.39 is 0 Å². The molecule has 0 aromatic carbocycles. The van der Waals surface area contributed by atoms with Gasteiger partial charge in [0.25, 0.3) is 0 Å². The summed E-state index contributed by atoms with van der Waals surface area (Å²) in [5.74, 6) is 0. The van der Waals surface area contributed by atoms with Gasteiger partial charge in [-0.25, -0.2) is 0 Å². The van der Waals surface area contributed by atoms with Crippen LogP contribution in [-0.4, -0.2) is 60.3 Å². The normalized spacial score (nSPS) is 43.0. The largest absolute Gasteiger partial charge is 0.374 e. The van der Waals surface area contributed by atoms with Crippen LogP contribution in [0.15, 0.2) is 0 Å². The Morgan fingerprint density at radius 1 is 1.22 bits per heavy atom. The molecule has 3 rings (SSSR count). The van der Waals surface area contributed by atoms with E-state index in [-0.39, 0.29) is 5.60 Å². The molecule has 3 unspecified atom stereocenters. The number of ether oxygens (including phenoxy) is 1. The Balaban J connectivity index is 1.61. The van der Waals surface area contributed by atoms with Crippen molar-refractivity contribution in [1.82, 2.24) is 9.80 Å². The number of rotatable bonds is 2. The molecule has 18 heavy (non-hydrogen) atoms. The number of hydrogen-bond acceptors (Lipinski definition) is 3. The van der Waals surface area contributed by atoms with Gasteiger partial charge in [0, 0.05) is 38.3 Å². The molecular formula is C15H28N2O. The summed E-state index contributed by atoms with van der Waals surface area (Å²) in [4.78, 5) is 5.42. The molecule has 104 valence electrons. The minimum absolute atomic E-state index is 0.130. The molecule has 3 aliphatic heterocycles. The molecule has 0 aromatic rings. The van der Waals surface area contributed by atoms with Crippen LogP contribution in [0, 0.1) is 0 Å². The molecule has 3 aliphatic rings. The topological polar surface area (TPSA) is 15.7 Å². The second-order valence-corrected chi connectivity index (χ2v) is 6.82. The first-order valence-electron chi connectivity index (χ1n) is 7.78. The summed E-state index contributed by atoms with van der Waals surface area (Å²) in [7, 11) is 0. The summed E-state index contributed by atoms with van der Waals surface area (Å²) < 4.78 is 5.97. The highest BCUT2D eigenvalue weighted by atomic mass is 16.5. The number of fused-ring (bicyclic) bond motifs is 1. The third kappa shape index (κ3) is 2.59. The Morgan fingerprint density at radius 3 is 2.89 bits per heavy atom. The molecule has 0 amide bonds. The lowest BCUT2D eigenvalue weighted by Gasteiger charge is -2.49. The van der Waals surface area contributed by atoms with Crippen molar-refractivity contribution in [2.24, 2.45) is 0 Å². The van der Waals surface area contributed by atoms with Crippen LogP contribution in [0.3, 0.4) is 0 Å². The Morgan fingerprint density at radius 2 is 2.11 bits per heavy atom. The fourth-order valence-electron chi connectivity index (χ4n) is 4.02. The molecule has 3 atom stereocenters. The van der Waals surface area contributed by atoms with Crippen molar-refractivity contribution < 1.29 is 4.74 Å². The maximum atomic E-state index is 5.97. The number of piperidine rings is 1. The summed E-state index contributed by atoms with van der Waals surface area (Å²) >= 11 is 0. The zero-order chi connectivity index (χ0) is 12.6. The lowest BCUT2D eigenvalue weighted by atomic mass is 9.94. The molecule has 3 heteroatoms. The molecule has 0 saturated carbocycles. The lowest BCUT2D eigenvalue weighted by Crippen LogP contribution is -2.60. The van der Waals surface area contributed by atoms with Gasteiger partial charge >= 0.3 is 0 Å². The molecule has 3 fully saturated rings. The molecule has 0 N–H and O–H groups in total. The van der Waals surface area contributed by atoms with E-state index in [4.69, 9.17) is 4.74 Å². The van der Waals surface area contributed by atoms with Crippen LogP contribution in [0.1, 0.15) is 46.0 Å². The van der Waals surface area contributed by atoms with Crippen molar-refractivity contribution in [3.05, 3.63) is 0 Å². The predicted molar refractivity (Wildman–Crippen MR) is 73.8 cm³/mol. The highest BCUT2D eigenvalue weighted by molar-refractivity contribution is 4.93. The molecule has 0 bridgehead atoms. The Kier molecular flexibility index (Phi) is 3.65.